The minimum Gasteiger partial charge on any atom is -0.481 e. The van der Waals surface area contributed by atoms with Crippen molar-refractivity contribution in [3.8, 4) is 5.75 Å². The van der Waals surface area contributed by atoms with Crippen molar-refractivity contribution in [1.29, 1.82) is 0 Å². The summed E-state index contributed by atoms with van der Waals surface area (Å²) < 4.78 is 5.70. The van der Waals surface area contributed by atoms with E-state index in [0.29, 0.717) is 16.8 Å². The van der Waals surface area contributed by atoms with Crippen LogP contribution in [0.1, 0.15) is 38.3 Å². The number of hydrogen-bond acceptors (Lipinski definition) is 3. The summed E-state index contributed by atoms with van der Waals surface area (Å²) in [5.74, 6) is 0.519. The molecule has 19 heavy (non-hydrogen) atoms. The lowest BCUT2D eigenvalue weighted by Crippen LogP contribution is -2.37. The van der Waals surface area contributed by atoms with Gasteiger partial charge in [0.2, 0.25) is 0 Å². The summed E-state index contributed by atoms with van der Waals surface area (Å²) >= 11 is 5.95. The summed E-state index contributed by atoms with van der Waals surface area (Å²) in [5, 5.41) is 3.52. The maximum atomic E-state index is 11.9. The van der Waals surface area contributed by atoms with E-state index in [9.17, 15) is 4.79 Å². The first-order valence-corrected chi connectivity index (χ1v) is 6.87. The topological polar surface area (TPSA) is 64.3 Å². The molecular formula is C14H19ClN2O2. The molecule has 104 valence electrons. The molecule has 1 aromatic carbocycles. The molecule has 0 saturated heterocycles. The van der Waals surface area contributed by atoms with Crippen LogP contribution in [0.3, 0.4) is 0 Å². The van der Waals surface area contributed by atoms with Crippen molar-refractivity contribution in [3.63, 3.8) is 0 Å². The number of nitrogens with one attached hydrogen (secondary N) is 1. The molecule has 0 aromatic heterocycles. The monoisotopic (exact) mass is 282 g/mol. The van der Waals surface area contributed by atoms with E-state index in [1.807, 2.05) is 6.92 Å². The van der Waals surface area contributed by atoms with Crippen molar-refractivity contribution in [3.05, 3.63) is 28.8 Å². The lowest BCUT2D eigenvalue weighted by atomic mass is 10.1. The molecule has 1 amide bonds. The first kappa shape index (κ1) is 14.2. The number of benzene rings is 1. The predicted molar refractivity (Wildman–Crippen MR) is 75.3 cm³/mol. The van der Waals surface area contributed by atoms with Crippen LogP contribution in [0, 0.1) is 0 Å². The van der Waals surface area contributed by atoms with Crippen molar-refractivity contribution in [2.24, 2.45) is 5.73 Å². The molecule has 5 heteroatoms. The Kier molecular flexibility index (Phi) is 4.32. The van der Waals surface area contributed by atoms with E-state index in [2.05, 4.69) is 5.32 Å². The quantitative estimate of drug-likeness (QED) is 0.872. The summed E-state index contributed by atoms with van der Waals surface area (Å²) in [6, 6.07) is 5.38. The Morgan fingerprint density at radius 1 is 1.47 bits per heavy atom. The van der Waals surface area contributed by atoms with Crippen molar-refractivity contribution >= 4 is 17.5 Å². The van der Waals surface area contributed by atoms with E-state index in [1.54, 1.807) is 25.1 Å². The van der Waals surface area contributed by atoms with Crippen LogP contribution >= 0.6 is 11.6 Å². The highest BCUT2D eigenvalue weighted by Gasteiger charge is 2.26. The minimum absolute atomic E-state index is 0.0897. The SMILES string of the molecule is CC(Oc1ccc(Cl)cc1C(C)N)C(=O)NC1CC1. The fourth-order valence-electron chi connectivity index (χ4n) is 1.77. The minimum atomic E-state index is -0.542. The average molecular weight is 283 g/mol. The summed E-state index contributed by atoms with van der Waals surface area (Å²) in [6.07, 6.45) is 1.58. The Labute approximate surface area is 118 Å². The molecule has 2 unspecified atom stereocenters. The van der Waals surface area contributed by atoms with Crippen LogP contribution in [-0.4, -0.2) is 18.1 Å². The van der Waals surface area contributed by atoms with Gasteiger partial charge in [-0.05, 0) is 44.9 Å². The van der Waals surface area contributed by atoms with Gasteiger partial charge in [-0.25, -0.2) is 0 Å². The Morgan fingerprint density at radius 3 is 2.74 bits per heavy atom. The van der Waals surface area contributed by atoms with Gasteiger partial charge in [-0.3, -0.25) is 4.79 Å². The first-order chi connectivity index (χ1) is 8.97. The molecule has 1 saturated carbocycles. The van der Waals surface area contributed by atoms with Gasteiger partial charge in [-0.2, -0.15) is 0 Å². The highest BCUT2D eigenvalue weighted by Crippen LogP contribution is 2.28. The van der Waals surface area contributed by atoms with Crippen LogP contribution in [0.25, 0.3) is 0 Å². The maximum Gasteiger partial charge on any atom is 0.260 e. The van der Waals surface area contributed by atoms with Gasteiger partial charge >= 0.3 is 0 Å². The Bertz CT molecular complexity index is 473. The van der Waals surface area contributed by atoms with Crippen molar-refractivity contribution in [2.45, 2.75) is 44.9 Å². The van der Waals surface area contributed by atoms with E-state index in [0.717, 1.165) is 18.4 Å². The van der Waals surface area contributed by atoms with Crippen LogP contribution in [-0.2, 0) is 4.79 Å². The third kappa shape index (κ3) is 3.85. The highest BCUT2D eigenvalue weighted by molar-refractivity contribution is 6.30. The van der Waals surface area contributed by atoms with E-state index in [1.165, 1.54) is 0 Å². The Balaban J connectivity index is 2.06. The number of carbonyl (C=O) groups is 1. The number of nitrogens with two attached hydrogens (primary N) is 1. The van der Waals surface area contributed by atoms with E-state index < -0.39 is 6.10 Å². The highest BCUT2D eigenvalue weighted by atomic mass is 35.5. The average Bonchev–Trinajstić information content (AvgIpc) is 3.14. The molecule has 1 aliphatic rings. The van der Waals surface area contributed by atoms with Crippen LogP contribution in [0.4, 0.5) is 0 Å². The van der Waals surface area contributed by atoms with E-state index >= 15 is 0 Å². The number of halogens is 1. The number of amides is 1. The fourth-order valence-corrected chi connectivity index (χ4v) is 1.95. The fraction of sp³-hybridized carbons (Fsp3) is 0.500. The second-order valence-electron chi connectivity index (χ2n) is 5.01. The smallest absolute Gasteiger partial charge is 0.260 e. The van der Waals surface area contributed by atoms with Gasteiger partial charge in [0.25, 0.3) is 5.91 Å². The third-order valence-electron chi connectivity index (χ3n) is 3.06. The second-order valence-corrected chi connectivity index (χ2v) is 5.45. The molecular weight excluding hydrogens is 264 g/mol. The molecule has 0 spiro atoms. The van der Waals surface area contributed by atoms with Gasteiger partial charge in [0.15, 0.2) is 6.10 Å². The summed E-state index contributed by atoms with van der Waals surface area (Å²) in [4.78, 5) is 11.9. The zero-order valence-corrected chi connectivity index (χ0v) is 11.9. The number of ether oxygens (including phenoxy) is 1. The molecule has 3 N–H and O–H groups in total. The van der Waals surface area contributed by atoms with Gasteiger partial charge in [0.1, 0.15) is 5.75 Å². The normalized spacial score (nSPS) is 17.7. The lowest BCUT2D eigenvalue weighted by molar-refractivity contribution is -0.127. The van der Waals surface area contributed by atoms with Gasteiger partial charge in [-0.15, -0.1) is 0 Å². The van der Waals surface area contributed by atoms with Crippen LogP contribution < -0.4 is 15.8 Å². The van der Waals surface area contributed by atoms with Gasteiger partial charge in [0.05, 0.1) is 0 Å². The summed E-state index contributed by atoms with van der Waals surface area (Å²) in [7, 11) is 0. The second kappa shape index (κ2) is 5.80. The van der Waals surface area contributed by atoms with Crippen LogP contribution in [0.2, 0.25) is 5.02 Å². The summed E-state index contributed by atoms with van der Waals surface area (Å²) in [5.41, 5.74) is 6.69. The summed E-state index contributed by atoms with van der Waals surface area (Å²) in [6.45, 7) is 3.59. The van der Waals surface area contributed by atoms with Gasteiger partial charge < -0.3 is 15.8 Å². The van der Waals surface area contributed by atoms with Gasteiger partial charge in [0, 0.05) is 22.7 Å². The Hall–Kier alpha value is -1.26. The molecule has 0 heterocycles. The number of carbonyl (C=O) groups excluding carboxylic acids is 1. The Morgan fingerprint density at radius 2 is 2.16 bits per heavy atom. The molecule has 0 aliphatic heterocycles. The molecule has 2 atom stereocenters. The van der Waals surface area contributed by atoms with Crippen LogP contribution in [0.15, 0.2) is 18.2 Å². The molecule has 1 fully saturated rings. The van der Waals surface area contributed by atoms with Crippen molar-refractivity contribution in [1.82, 2.24) is 5.32 Å². The number of hydrogen-bond donors (Lipinski definition) is 2. The zero-order valence-electron chi connectivity index (χ0n) is 11.2. The van der Waals surface area contributed by atoms with Crippen molar-refractivity contribution in [2.75, 3.05) is 0 Å². The zero-order chi connectivity index (χ0) is 14.0. The number of rotatable bonds is 5. The van der Waals surface area contributed by atoms with Gasteiger partial charge in [-0.1, -0.05) is 11.6 Å². The van der Waals surface area contributed by atoms with E-state index in [-0.39, 0.29) is 11.9 Å². The first-order valence-electron chi connectivity index (χ1n) is 6.49. The third-order valence-corrected chi connectivity index (χ3v) is 3.29. The molecule has 2 rings (SSSR count). The largest absolute Gasteiger partial charge is 0.481 e. The molecule has 0 radical (unpaired) electrons. The molecule has 1 aliphatic carbocycles. The maximum absolute atomic E-state index is 11.9. The van der Waals surface area contributed by atoms with Crippen LogP contribution in [0.5, 0.6) is 5.75 Å². The molecule has 0 bridgehead atoms. The lowest BCUT2D eigenvalue weighted by Gasteiger charge is -2.19. The standard InChI is InChI=1S/C14H19ClN2O2/c1-8(16)12-7-10(15)3-6-13(12)19-9(2)14(18)17-11-4-5-11/h3,6-9,11H,4-5,16H2,1-2H3,(H,17,18). The molecule has 4 nitrogen and oxygen atoms in total. The molecule has 1 aromatic rings. The van der Waals surface area contributed by atoms with Crippen molar-refractivity contribution < 1.29 is 9.53 Å². The van der Waals surface area contributed by atoms with E-state index in [4.69, 9.17) is 22.1 Å². The predicted octanol–water partition coefficient (Wildman–Crippen LogP) is 2.41.